The van der Waals surface area contributed by atoms with Crippen LogP contribution in [0.3, 0.4) is 0 Å². The third-order valence-electron chi connectivity index (χ3n) is 2.35. The fourth-order valence-corrected chi connectivity index (χ4v) is 2.48. The maximum absolute atomic E-state index is 6.10. The van der Waals surface area contributed by atoms with Gasteiger partial charge < -0.3 is 4.42 Å². The normalized spacial score (nSPS) is 12.7. The molecule has 0 spiro atoms. The van der Waals surface area contributed by atoms with Crippen LogP contribution in [0.1, 0.15) is 17.4 Å². The Morgan fingerprint density at radius 2 is 2.18 bits per heavy atom. The van der Waals surface area contributed by atoms with Crippen LogP contribution < -0.4 is 11.3 Å². The summed E-state index contributed by atoms with van der Waals surface area (Å²) in [5.41, 5.74) is 3.68. The zero-order valence-electron chi connectivity index (χ0n) is 8.58. The van der Waals surface area contributed by atoms with E-state index < -0.39 is 0 Å². The van der Waals surface area contributed by atoms with Crippen LogP contribution in [0, 0.1) is 3.57 Å². The fraction of sp³-hybridized carbons (Fsp3) is 0.0909. The first-order valence-corrected chi connectivity index (χ1v) is 7.02. The Morgan fingerprint density at radius 1 is 1.41 bits per heavy atom. The van der Waals surface area contributed by atoms with Crippen molar-refractivity contribution in [3.05, 3.63) is 54.9 Å². The number of hydrazine groups is 1. The van der Waals surface area contributed by atoms with E-state index in [1.165, 1.54) is 0 Å². The molecule has 90 valence electrons. The average Bonchev–Trinajstić information content (AvgIpc) is 2.71. The highest BCUT2D eigenvalue weighted by atomic mass is 127. The van der Waals surface area contributed by atoms with Crippen LogP contribution >= 0.6 is 50.1 Å². The van der Waals surface area contributed by atoms with Crippen molar-refractivity contribution in [1.82, 2.24) is 5.43 Å². The van der Waals surface area contributed by atoms with E-state index in [1.54, 1.807) is 6.26 Å². The molecule has 3 N–H and O–H groups in total. The smallest absolute Gasteiger partial charge is 0.140 e. The summed E-state index contributed by atoms with van der Waals surface area (Å²) in [6.45, 7) is 0. The number of rotatable bonds is 3. The highest BCUT2D eigenvalue weighted by Gasteiger charge is 2.19. The SMILES string of the molecule is NNC(c1ccc(I)c(Cl)c1)c1occc1Br. The lowest BCUT2D eigenvalue weighted by Gasteiger charge is -2.15. The van der Waals surface area contributed by atoms with Gasteiger partial charge in [0.05, 0.1) is 15.8 Å². The maximum Gasteiger partial charge on any atom is 0.140 e. The van der Waals surface area contributed by atoms with E-state index in [4.69, 9.17) is 21.9 Å². The van der Waals surface area contributed by atoms with Crippen LogP contribution in [0.4, 0.5) is 0 Å². The molecule has 0 fully saturated rings. The monoisotopic (exact) mass is 426 g/mol. The largest absolute Gasteiger partial charge is 0.466 e. The fourth-order valence-electron chi connectivity index (χ4n) is 1.53. The molecule has 1 aromatic heterocycles. The Hall–Kier alpha value is -0.0800. The first-order valence-electron chi connectivity index (χ1n) is 4.77. The van der Waals surface area contributed by atoms with Gasteiger partial charge in [-0.3, -0.25) is 5.84 Å². The molecule has 0 bridgehead atoms. The van der Waals surface area contributed by atoms with Crippen molar-refractivity contribution in [3.63, 3.8) is 0 Å². The quantitative estimate of drug-likeness (QED) is 0.445. The van der Waals surface area contributed by atoms with Gasteiger partial charge >= 0.3 is 0 Å². The molecule has 1 unspecified atom stereocenters. The topological polar surface area (TPSA) is 51.2 Å². The second-order valence-corrected chi connectivity index (χ2v) is 5.83. The Kier molecular flexibility index (Phi) is 4.48. The van der Waals surface area contributed by atoms with E-state index in [-0.39, 0.29) is 6.04 Å². The van der Waals surface area contributed by atoms with Crippen molar-refractivity contribution in [2.45, 2.75) is 6.04 Å². The van der Waals surface area contributed by atoms with Crippen molar-refractivity contribution < 1.29 is 4.42 Å². The number of nitrogens with one attached hydrogen (secondary N) is 1. The van der Waals surface area contributed by atoms with E-state index in [9.17, 15) is 0 Å². The number of benzene rings is 1. The lowest BCUT2D eigenvalue weighted by Crippen LogP contribution is -2.28. The summed E-state index contributed by atoms with van der Waals surface area (Å²) < 4.78 is 7.28. The average molecular weight is 427 g/mol. The van der Waals surface area contributed by atoms with Crippen molar-refractivity contribution >= 4 is 50.1 Å². The van der Waals surface area contributed by atoms with Crippen LogP contribution in [0.5, 0.6) is 0 Å². The van der Waals surface area contributed by atoms with Gasteiger partial charge in [0.25, 0.3) is 0 Å². The van der Waals surface area contributed by atoms with Crippen LogP contribution in [-0.2, 0) is 0 Å². The molecule has 6 heteroatoms. The molecular weight excluding hydrogens is 418 g/mol. The molecule has 2 rings (SSSR count). The predicted octanol–water partition coefficient (Wildman–Crippen LogP) is 3.85. The maximum atomic E-state index is 6.10. The number of halogens is 3. The summed E-state index contributed by atoms with van der Waals surface area (Å²) in [5.74, 6) is 6.30. The molecule has 0 saturated heterocycles. The highest BCUT2D eigenvalue weighted by molar-refractivity contribution is 14.1. The first kappa shape index (κ1) is 13.4. The van der Waals surface area contributed by atoms with E-state index in [0.29, 0.717) is 5.02 Å². The van der Waals surface area contributed by atoms with Crippen molar-refractivity contribution in [3.8, 4) is 0 Å². The van der Waals surface area contributed by atoms with Gasteiger partial charge in [-0.25, -0.2) is 5.43 Å². The summed E-state index contributed by atoms with van der Waals surface area (Å²) >= 11 is 11.7. The van der Waals surface area contributed by atoms with Gasteiger partial charge in [-0.05, 0) is 62.3 Å². The number of nitrogens with two attached hydrogens (primary N) is 1. The van der Waals surface area contributed by atoms with Gasteiger partial charge in [-0.2, -0.15) is 0 Å². The van der Waals surface area contributed by atoms with Crippen molar-refractivity contribution in [1.29, 1.82) is 0 Å². The van der Waals surface area contributed by atoms with Crippen molar-refractivity contribution in [2.75, 3.05) is 0 Å². The van der Waals surface area contributed by atoms with E-state index in [0.717, 1.165) is 19.4 Å². The molecular formula is C11H9BrClIN2O. The van der Waals surface area contributed by atoms with Gasteiger partial charge in [-0.15, -0.1) is 0 Å². The number of furan rings is 1. The molecule has 1 heterocycles. The van der Waals surface area contributed by atoms with E-state index in [2.05, 4.69) is 43.9 Å². The molecule has 1 aromatic carbocycles. The van der Waals surface area contributed by atoms with Crippen LogP contribution in [0.2, 0.25) is 5.02 Å². The Labute approximate surface area is 126 Å². The van der Waals surface area contributed by atoms with Crippen LogP contribution in [-0.4, -0.2) is 0 Å². The molecule has 0 saturated carbocycles. The molecule has 17 heavy (non-hydrogen) atoms. The molecule has 1 atom stereocenters. The third kappa shape index (κ3) is 2.85. The summed E-state index contributed by atoms with van der Waals surface area (Å²) in [6, 6.07) is 7.39. The molecule has 0 amide bonds. The van der Waals surface area contributed by atoms with Gasteiger partial charge in [0.15, 0.2) is 0 Å². The number of hydrogen-bond donors (Lipinski definition) is 2. The Balaban J connectivity index is 2.42. The summed E-state index contributed by atoms with van der Waals surface area (Å²) in [7, 11) is 0. The lowest BCUT2D eigenvalue weighted by molar-refractivity contribution is 0.450. The molecule has 2 aromatic rings. The summed E-state index contributed by atoms with van der Waals surface area (Å²) in [4.78, 5) is 0. The van der Waals surface area contributed by atoms with E-state index >= 15 is 0 Å². The Morgan fingerprint density at radius 3 is 2.71 bits per heavy atom. The lowest BCUT2D eigenvalue weighted by atomic mass is 10.1. The molecule has 3 nitrogen and oxygen atoms in total. The predicted molar refractivity (Wildman–Crippen MR) is 79.7 cm³/mol. The second kappa shape index (κ2) is 5.71. The number of hydrogen-bond acceptors (Lipinski definition) is 3. The minimum atomic E-state index is -0.228. The van der Waals surface area contributed by atoms with Gasteiger partial charge in [-0.1, -0.05) is 17.7 Å². The van der Waals surface area contributed by atoms with Gasteiger partial charge in [0.1, 0.15) is 11.8 Å². The van der Waals surface area contributed by atoms with Crippen molar-refractivity contribution in [2.24, 2.45) is 5.84 Å². The standard InChI is InChI=1S/C11H9BrClIN2O/c12-7-3-4-17-11(7)10(16-15)6-1-2-9(14)8(13)5-6/h1-5,10,16H,15H2. The summed E-state index contributed by atoms with van der Waals surface area (Å²) in [5, 5.41) is 0.700. The van der Waals surface area contributed by atoms with Gasteiger partial charge in [0.2, 0.25) is 0 Å². The highest BCUT2D eigenvalue weighted by Crippen LogP contribution is 2.31. The van der Waals surface area contributed by atoms with Crippen LogP contribution in [0.25, 0.3) is 0 Å². The van der Waals surface area contributed by atoms with Gasteiger partial charge in [0, 0.05) is 3.57 Å². The first-order chi connectivity index (χ1) is 8.13. The summed E-state index contributed by atoms with van der Waals surface area (Å²) in [6.07, 6.45) is 1.61. The Bertz CT molecular complexity index is 532. The molecule has 0 aliphatic carbocycles. The zero-order chi connectivity index (χ0) is 12.4. The van der Waals surface area contributed by atoms with E-state index in [1.807, 2.05) is 24.3 Å². The van der Waals surface area contributed by atoms with Crippen LogP contribution in [0.15, 0.2) is 39.4 Å². The third-order valence-corrected chi connectivity index (χ3v) is 4.58. The molecule has 0 radical (unpaired) electrons. The molecule has 0 aliphatic rings. The second-order valence-electron chi connectivity index (χ2n) is 3.41. The zero-order valence-corrected chi connectivity index (χ0v) is 13.1. The molecule has 0 aliphatic heterocycles. The minimum absolute atomic E-state index is 0.228. The minimum Gasteiger partial charge on any atom is -0.466 e.